The average molecular weight is 488 g/mol. The number of nitrogens with one attached hydrogen (secondary N) is 1. The number of piperidine rings is 1. The number of nitrogens with zero attached hydrogens (tertiary/aromatic N) is 4. The first-order valence-corrected chi connectivity index (χ1v) is 12.1. The molecule has 0 aliphatic carbocycles. The summed E-state index contributed by atoms with van der Waals surface area (Å²) < 4.78 is 5.61. The Hall–Kier alpha value is -3.71. The third-order valence-electron chi connectivity index (χ3n) is 6.33. The van der Waals surface area contributed by atoms with Crippen molar-refractivity contribution in [2.45, 2.75) is 26.3 Å². The molecular formula is C27H26ClN5O2. The molecule has 1 N–H and O–H groups in total. The molecule has 2 aromatic carbocycles. The number of benzene rings is 2. The van der Waals surface area contributed by atoms with Crippen LogP contribution in [0.3, 0.4) is 0 Å². The van der Waals surface area contributed by atoms with Gasteiger partial charge in [-0.1, -0.05) is 64.8 Å². The van der Waals surface area contributed by atoms with Gasteiger partial charge < -0.3 is 14.7 Å². The monoisotopic (exact) mass is 487 g/mol. The number of anilines is 1. The third-order valence-corrected chi connectivity index (χ3v) is 6.70. The number of pyridine rings is 1. The van der Waals surface area contributed by atoms with Crippen LogP contribution in [-0.2, 0) is 11.3 Å². The van der Waals surface area contributed by atoms with E-state index in [-0.39, 0.29) is 11.8 Å². The van der Waals surface area contributed by atoms with E-state index in [9.17, 15) is 4.79 Å². The summed E-state index contributed by atoms with van der Waals surface area (Å²) in [6.45, 7) is 3.91. The summed E-state index contributed by atoms with van der Waals surface area (Å²) in [6.07, 6.45) is 3.24. The molecule has 0 spiro atoms. The maximum Gasteiger partial charge on any atom is 0.261 e. The summed E-state index contributed by atoms with van der Waals surface area (Å²) in [6, 6.07) is 19.4. The van der Waals surface area contributed by atoms with Gasteiger partial charge in [-0.05, 0) is 43.5 Å². The minimum atomic E-state index is -0.0440. The first kappa shape index (κ1) is 23.1. The molecule has 1 fully saturated rings. The van der Waals surface area contributed by atoms with Crippen LogP contribution >= 0.6 is 11.6 Å². The Labute approximate surface area is 209 Å². The van der Waals surface area contributed by atoms with Crippen LogP contribution < -0.4 is 10.2 Å². The van der Waals surface area contributed by atoms with E-state index in [0.29, 0.717) is 36.4 Å². The molecule has 1 saturated heterocycles. The lowest BCUT2D eigenvalue weighted by molar-refractivity contribution is -0.125. The number of amides is 1. The number of hydrogen-bond acceptors (Lipinski definition) is 6. The van der Waals surface area contributed by atoms with Gasteiger partial charge in [0.25, 0.3) is 5.89 Å². The van der Waals surface area contributed by atoms with Gasteiger partial charge in [0.2, 0.25) is 11.7 Å². The molecule has 7 nitrogen and oxygen atoms in total. The first-order chi connectivity index (χ1) is 17.1. The van der Waals surface area contributed by atoms with E-state index in [4.69, 9.17) is 16.1 Å². The number of carbonyl (C=O) groups is 1. The van der Waals surface area contributed by atoms with Crippen molar-refractivity contribution in [3.63, 3.8) is 0 Å². The predicted molar refractivity (Wildman–Crippen MR) is 136 cm³/mol. The van der Waals surface area contributed by atoms with Crippen molar-refractivity contribution < 1.29 is 9.32 Å². The van der Waals surface area contributed by atoms with E-state index in [2.05, 4.69) is 25.3 Å². The van der Waals surface area contributed by atoms with Crippen LogP contribution in [0.25, 0.3) is 22.8 Å². The van der Waals surface area contributed by atoms with Crippen molar-refractivity contribution in [2.75, 3.05) is 18.0 Å². The van der Waals surface area contributed by atoms with Gasteiger partial charge in [0.05, 0.1) is 5.56 Å². The van der Waals surface area contributed by atoms with Gasteiger partial charge in [-0.3, -0.25) is 4.79 Å². The molecule has 3 heterocycles. The second-order valence-electron chi connectivity index (χ2n) is 8.73. The molecule has 178 valence electrons. The minimum Gasteiger partial charge on any atom is -0.356 e. The zero-order valence-electron chi connectivity index (χ0n) is 19.4. The molecule has 5 rings (SSSR count). The second-order valence-corrected chi connectivity index (χ2v) is 9.14. The highest BCUT2D eigenvalue weighted by molar-refractivity contribution is 6.31. The molecule has 0 unspecified atom stereocenters. The number of rotatable bonds is 6. The van der Waals surface area contributed by atoms with Crippen molar-refractivity contribution in [2.24, 2.45) is 5.92 Å². The molecule has 2 aromatic heterocycles. The lowest BCUT2D eigenvalue weighted by Crippen LogP contribution is -2.40. The van der Waals surface area contributed by atoms with Crippen LogP contribution in [0.2, 0.25) is 5.02 Å². The van der Waals surface area contributed by atoms with Gasteiger partial charge in [0.1, 0.15) is 5.82 Å². The molecule has 0 bridgehead atoms. The Morgan fingerprint density at radius 2 is 1.86 bits per heavy atom. The fourth-order valence-corrected chi connectivity index (χ4v) is 4.49. The molecule has 0 saturated carbocycles. The van der Waals surface area contributed by atoms with Crippen molar-refractivity contribution >= 4 is 23.3 Å². The Morgan fingerprint density at radius 1 is 1.09 bits per heavy atom. The minimum absolute atomic E-state index is 0.0440. The summed E-state index contributed by atoms with van der Waals surface area (Å²) in [5.41, 5.74) is 3.79. The van der Waals surface area contributed by atoms with E-state index in [1.807, 2.05) is 67.6 Å². The van der Waals surface area contributed by atoms with Crippen LogP contribution in [0.15, 0.2) is 71.4 Å². The summed E-state index contributed by atoms with van der Waals surface area (Å²) in [4.78, 5) is 24.2. The summed E-state index contributed by atoms with van der Waals surface area (Å²) in [5, 5.41) is 7.87. The van der Waals surface area contributed by atoms with E-state index in [1.54, 1.807) is 6.20 Å². The Balaban J connectivity index is 1.24. The van der Waals surface area contributed by atoms with Crippen molar-refractivity contribution in [3.05, 3.63) is 83.0 Å². The first-order valence-electron chi connectivity index (χ1n) is 11.7. The zero-order valence-corrected chi connectivity index (χ0v) is 20.2. The molecule has 1 aliphatic heterocycles. The lowest BCUT2D eigenvalue weighted by Gasteiger charge is -2.32. The van der Waals surface area contributed by atoms with Crippen molar-refractivity contribution in [1.29, 1.82) is 0 Å². The van der Waals surface area contributed by atoms with Gasteiger partial charge in [-0.15, -0.1) is 0 Å². The van der Waals surface area contributed by atoms with Gasteiger partial charge in [-0.25, -0.2) is 4.98 Å². The number of aryl methyl sites for hydroxylation is 1. The predicted octanol–water partition coefficient (Wildman–Crippen LogP) is 5.29. The van der Waals surface area contributed by atoms with Gasteiger partial charge in [0, 0.05) is 42.3 Å². The second kappa shape index (κ2) is 10.3. The molecule has 0 radical (unpaired) electrons. The van der Waals surface area contributed by atoms with Gasteiger partial charge in [0.15, 0.2) is 0 Å². The molecular weight excluding hydrogens is 462 g/mol. The fraction of sp³-hybridized carbons (Fsp3) is 0.259. The Bertz CT molecular complexity index is 1310. The van der Waals surface area contributed by atoms with Crippen molar-refractivity contribution in [3.8, 4) is 22.8 Å². The standard InChI is InChI=1S/C27H26ClN5O2/c1-18-8-10-19(11-9-18)24-31-27(35-32-24)22-6-4-14-29-25(22)33-15-12-20(13-16-33)26(34)30-17-21-5-2-3-7-23(21)28/h2-11,14,20H,12-13,15-17H2,1H3,(H,30,34). The zero-order chi connectivity index (χ0) is 24.2. The highest BCUT2D eigenvalue weighted by Gasteiger charge is 2.28. The number of halogens is 1. The highest BCUT2D eigenvalue weighted by atomic mass is 35.5. The largest absolute Gasteiger partial charge is 0.356 e. The van der Waals surface area contributed by atoms with E-state index < -0.39 is 0 Å². The lowest BCUT2D eigenvalue weighted by atomic mass is 9.95. The average Bonchev–Trinajstić information content (AvgIpc) is 3.39. The van der Waals surface area contributed by atoms with Crippen LogP contribution in [0.1, 0.15) is 24.0 Å². The van der Waals surface area contributed by atoms with Crippen LogP contribution in [0, 0.1) is 12.8 Å². The number of carbonyl (C=O) groups excluding carboxylic acids is 1. The maximum atomic E-state index is 12.8. The summed E-state index contributed by atoms with van der Waals surface area (Å²) >= 11 is 6.21. The number of hydrogen-bond donors (Lipinski definition) is 1. The highest BCUT2D eigenvalue weighted by Crippen LogP contribution is 2.32. The summed E-state index contributed by atoms with van der Waals surface area (Å²) in [5.74, 6) is 1.79. The maximum absolute atomic E-state index is 12.8. The molecule has 8 heteroatoms. The molecule has 1 aliphatic rings. The Kier molecular flexibility index (Phi) is 6.77. The SMILES string of the molecule is Cc1ccc(-c2noc(-c3cccnc3N3CCC(C(=O)NCc4ccccc4Cl)CC3)n2)cc1. The molecule has 35 heavy (non-hydrogen) atoms. The third kappa shape index (κ3) is 5.20. The topological polar surface area (TPSA) is 84.2 Å². The summed E-state index contributed by atoms with van der Waals surface area (Å²) in [7, 11) is 0. The molecule has 4 aromatic rings. The van der Waals surface area contributed by atoms with Gasteiger partial charge in [-0.2, -0.15) is 4.98 Å². The molecule has 0 atom stereocenters. The number of aromatic nitrogens is 3. The van der Waals surface area contributed by atoms with Crippen LogP contribution in [0.4, 0.5) is 5.82 Å². The molecule has 1 amide bonds. The fourth-order valence-electron chi connectivity index (χ4n) is 4.29. The normalized spacial score (nSPS) is 14.2. The van der Waals surface area contributed by atoms with E-state index >= 15 is 0 Å². The Morgan fingerprint density at radius 3 is 2.63 bits per heavy atom. The van der Waals surface area contributed by atoms with Crippen LogP contribution in [0.5, 0.6) is 0 Å². The van der Waals surface area contributed by atoms with E-state index in [0.717, 1.165) is 35.3 Å². The quantitative estimate of drug-likeness (QED) is 0.397. The van der Waals surface area contributed by atoms with Gasteiger partial charge >= 0.3 is 0 Å². The van der Waals surface area contributed by atoms with Crippen molar-refractivity contribution in [1.82, 2.24) is 20.4 Å². The van der Waals surface area contributed by atoms with E-state index in [1.165, 1.54) is 5.56 Å². The van der Waals surface area contributed by atoms with Crippen LogP contribution in [-0.4, -0.2) is 34.1 Å². The smallest absolute Gasteiger partial charge is 0.261 e.